The number of benzene rings is 1. The number of ether oxygens (including phenoxy) is 1. The van der Waals surface area contributed by atoms with Crippen LogP contribution >= 0.6 is 0 Å². The highest BCUT2D eigenvalue weighted by Gasteiger charge is 2.15. The third-order valence-corrected chi connectivity index (χ3v) is 4.36. The normalized spacial score (nSPS) is 13.6. The molecular formula is C18H23N5O. The fourth-order valence-electron chi connectivity index (χ4n) is 2.67. The number of methoxy groups -OCH3 is 1. The third kappa shape index (κ3) is 3.49. The SMILES string of the molecule is COc1cccc(-c2[nH]ncc2CN[C@@H](C)[C@@H](C)n2cccn2)c1. The van der Waals surface area contributed by atoms with Gasteiger partial charge in [-0.3, -0.25) is 9.78 Å². The Bertz CT molecular complexity index is 765. The third-order valence-electron chi connectivity index (χ3n) is 4.36. The molecule has 1 aromatic carbocycles. The predicted octanol–water partition coefficient (Wildman–Crippen LogP) is 3.02. The van der Waals surface area contributed by atoms with Crippen molar-refractivity contribution in [1.29, 1.82) is 0 Å². The summed E-state index contributed by atoms with van der Waals surface area (Å²) in [4.78, 5) is 0. The van der Waals surface area contributed by atoms with E-state index in [1.54, 1.807) is 13.3 Å². The van der Waals surface area contributed by atoms with Gasteiger partial charge < -0.3 is 10.1 Å². The van der Waals surface area contributed by atoms with Gasteiger partial charge in [0, 0.05) is 36.1 Å². The average Bonchev–Trinajstić information content (AvgIpc) is 3.30. The van der Waals surface area contributed by atoms with Gasteiger partial charge >= 0.3 is 0 Å². The van der Waals surface area contributed by atoms with Crippen LogP contribution in [-0.4, -0.2) is 33.1 Å². The largest absolute Gasteiger partial charge is 0.497 e. The van der Waals surface area contributed by atoms with Crippen LogP contribution in [0.15, 0.2) is 48.9 Å². The van der Waals surface area contributed by atoms with Crippen molar-refractivity contribution in [3.8, 4) is 17.0 Å². The molecule has 0 aliphatic carbocycles. The zero-order chi connectivity index (χ0) is 16.9. The van der Waals surface area contributed by atoms with Crippen molar-refractivity contribution >= 4 is 0 Å². The maximum Gasteiger partial charge on any atom is 0.119 e. The molecule has 6 heteroatoms. The van der Waals surface area contributed by atoms with Crippen LogP contribution in [0.5, 0.6) is 5.75 Å². The van der Waals surface area contributed by atoms with Crippen LogP contribution in [0.2, 0.25) is 0 Å². The highest BCUT2D eigenvalue weighted by Crippen LogP contribution is 2.25. The van der Waals surface area contributed by atoms with E-state index in [2.05, 4.69) is 40.5 Å². The van der Waals surface area contributed by atoms with E-state index in [-0.39, 0.29) is 12.1 Å². The molecule has 0 amide bonds. The summed E-state index contributed by atoms with van der Waals surface area (Å²) in [7, 11) is 1.67. The Morgan fingerprint density at radius 3 is 2.92 bits per heavy atom. The van der Waals surface area contributed by atoms with Crippen molar-refractivity contribution in [3.05, 3.63) is 54.5 Å². The second-order valence-electron chi connectivity index (χ2n) is 5.90. The van der Waals surface area contributed by atoms with E-state index in [0.29, 0.717) is 0 Å². The lowest BCUT2D eigenvalue weighted by molar-refractivity contribution is 0.365. The second kappa shape index (κ2) is 7.31. The molecule has 0 aliphatic rings. The van der Waals surface area contributed by atoms with Crippen molar-refractivity contribution in [2.45, 2.75) is 32.5 Å². The average molecular weight is 325 g/mol. The Hall–Kier alpha value is -2.60. The molecule has 3 rings (SSSR count). The summed E-state index contributed by atoms with van der Waals surface area (Å²) in [6.45, 7) is 5.05. The Morgan fingerprint density at radius 2 is 2.17 bits per heavy atom. The molecule has 0 saturated carbocycles. The van der Waals surface area contributed by atoms with E-state index < -0.39 is 0 Å². The van der Waals surface area contributed by atoms with E-state index in [1.807, 2.05) is 41.3 Å². The van der Waals surface area contributed by atoms with Gasteiger partial charge in [-0.2, -0.15) is 10.2 Å². The Balaban J connectivity index is 1.69. The van der Waals surface area contributed by atoms with Gasteiger partial charge in [0.2, 0.25) is 0 Å². The fourth-order valence-corrected chi connectivity index (χ4v) is 2.67. The molecule has 6 nitrogen and oxygen atoms in total. The minimum atomic E-state index is 0.271. The summed E-state index contributed by atoms with van der Waals surface area (Å²) in [6.07, 6.45) is 5.66. The molecule has 0 aliphatic heterocycles. The van der Waals surface area contributed by atoms with Crippen LogP contribution in [0.1, 0.15) is 25.5 Å². The van der Waals surface area contributed by atoms with Crippen LogP contribution in [0.25, 0.3) is 11.3 Å². The summed E-state index contributed by atoms with van der Waals surface area (Å²) in [5, 5.41) is 15.2. The van der Waals surface area contributed by atoms with Crippen LogP contribution < -0.4 is 10.1 Å². The number of aromatic amines is 1. The summed E-state index contributed by atoms with van der Waals surface area (Å²) >= 11 is 0. The van der Waals surface area contributed by atoms with Gasteiger partial charge in [-0.1, -0.05) is 12.1 Å². The zero-order valence-corrected chi connectivity index (χ0v) is 14.2. The number of rotatable bonds is 7. The molecule has 126 valence electrons. The predicted molar refractivity (Wildman–Crippen MR) is 93.8 cm³/mol. The summed E-state index contributed by atoms with van der Waals surface area (Å²) in [5.41, 5.74) is 3.21. The number of hydrogen-bond acceptors (Lipinski definition) is 4. The monoisotopic (exact) mass is 325 g/mol. The lowest BCUT2D eigenvalue weighted by Gasteiger charge is -2.21. The summed E-state index contributed by atoms with van der Waals surface area (Å²) in [5.74, 6) is 0.835. The molecule has 2 atom stereocenters. The summed E-state index contributed by atoms with van der Waals surface area (Å²) < 4.78 is 7.27. The molecule has 0 radical (unpaired) electrons. The van der Waals surface area contributed by atoms with Crippen LogP contribution in [0.3, 0.4) is 0 Å². The first-order valence-electron chi connectivity index (χ1n) is 8.08. The second-order valence-corrected chi connectivity index (χ2v) is 5.90. The minimum absolute atomic E-state index is 0.271. The number of nitrogens with zero attached hydrogens (tertiary/aromatic N) is 3. The standard InChI is InChI=1S/C18H23N5O/c1-13(14(2)23-9-5-8-21-23)19-11-16-12-20-22-18(16)15-6-4-7-17(10-15)24-3/h4-10,12-14,19H,11H2,1-3H3,(H,20,22)/t13-,14+/m0/s1. The topological polar surface area (TPSA) is 67.8 Å². The molecule has 0 unspecified atom stereocenters. The van der Waals surface area contributed by atoms with E-state index in [9.17, 15) is 0 Å². The van der Waals surface area contributed by atoms with E-state index in [1.165, 1.54) is 0 Å². The Labute approximate surface area is 141 Å². The van der Waals surface area contributed by atoms with Crippen LogP contribution in [0, 0.1) is 0 Å². The van der Waals surface area contributed by atoms with E-state index in [0.717, 1.165) is 29.1 Å². The summed E-state index contributed by atoms with van der Waals surface area (Å²) in [6, 6.07) is 10.5. The van der Waals surface area contributed by atoms with Gasteiger partial charge in [-0.15, -0.1) is 0 Å². The molecule has 3 aromatic rings. The van der Waals surface area contributed by atoms with Crippen LogP contribution in [-0.2, 0) is 6.54 Å². The lowest BCUT2D eigenvalue weighted by Crippen LogP contribution is -2.33. The Morgan fingerprint density at radius 1 is 1.29 bits per heavy atom. The Kier molecular flexibility index (Phi) is 4.96. The van der Waals surface area contributed by atoms with Gasteiger partial charge in [-0.25, -0.2) is 0 Å². The van der Waals surface area contributed by atoms with Crippen LogP contribution in [0.4, 0.5) is 0 Å². The quantitative estimate of drug-likeness (QED) is 0.701. The van der Waals surface area contributed by atoms with E-state index >= 15 is 0 Å². The molecule has 2 N–H and O–H groups in total. The smallest absolute Gasteiger partial charge is 0.119 e. The molecule has 2 heterocycles. The molecular weight excluding hydrogens is 302 g/mol. The number of H-pyrrole nitrogens is 1. The molecule has 2 aromatic heterocycles. The minimum Gasteiger partial charge on any atom is -0.497 e. The molecule has 0 bridgehead atoms. The number of nitrogens with one attached hydrogen (secondary N) is 2. The molecule has 0 saturated heterocycles. The van der Waals surface area contributed by atoms with Crippen molar-refractivity contribution in [3.63, 3.8) is 0 Å². The van der Waals surface area contributed by atoms with Gasteiger partial charge in [0.15, 0.2) is 0 Å². The zero-order valence-electron chi connectivity index (χ0n) is 14.2. The first-order chi connectivity index (χ1) is 11.7. The van der Waals surface area contributed by atoms with E-state index in [4.69, 9.17) is 4.74 Å². The van der Waals surface area contributed by atoms with Crippen molar-refractivity contribution in [1.82, 2.24) is 25.3 Å². The molecule has 24 heavy (non-hydrogen) atoms. The fraction of sp³-hybridized carbons (Fsp3) is 0.333. The van der Waals surface area contributed by atoms with Crippen molar-refractivity contribution in [2.75, 3.05) is 7.11 Å². The van der Waals surface area contributed by atoms with Gasteiger partial charge in [-0.05, 0) is 32.0 Å². The first kappa shape index (κ1) is 16.3. The first-order valence-corrected chi connectivity index (χ1v) is 8.08. The maximum absolute atomic E-state index is 5.30. The number of hydrogen-bond donors (Lipinski definition) is 2. The number of aromatic nitrogens is 4. The van der Waals surface area contributed by atoms with Gasteiger partial charge in [0.25, 0.3) is 0 Å². The van der Waals surface area contributed by atoms with Crippen molar-refractivity contribution in [2.24, 2.45) is 0 Å². The molecule has 0 spiro atoms. The highest BCUT2D eigenvalue weighted by atomic mass is 16.5. The highest BCUT2D eigenvalue weighted by molar-refractivity contribution is 5.64. The van der Waals surface area contributed by atoms with Gasteiger partial charge in [0.05, 0.1) is 25.0 Å². The van der Waals surface area contributed by atoms with Crippen molar-refractivity contribution < 1.29 is 4.74 Å². The molecule has 0 fully saturated rings. The lowest BCUT2D eigenvalue weighted by atomic mass is 10.1. The maximum atomic E-state index is 5.30. The van der Waals surface area contributed by atoms with Gasteiger partial charge in [0.1, 0.15) is 5.75 Å².